The number of nitrogens with one attached hydrogen (secondary N) is 1. The van der Waals surface area contributed by atoms with Gasteiger partial charge in [-0.05, 0) is 45.4 Å². The normalized spacial score (nSPS) is 22.2. The van der Waals surface area contributed by atoms with Crippen LogP contribution in [0.2, 0.25) is 0 Å². The summed E-state index contributed by atoms with van der Waals surface area (Å²) in [5.74, 6) is 0.222. The summed E-state index contributed by atoms with van der Waals surface area (Å²) in [5, 5.41) is 3.57. The fraction of sp³-hybridized carbons (Fsp3) is 0.933. The van der Waals surface area contributed by atoms with Gasteiger partial charge in [-0.3, -0.25) is 15.0 Å². The predicted molar refractivity (Wildman–Crippen MR) is 79.4 cm³/mol. The molecule has 0 aromatic carbocycles. The summed E-state index contributed by atoms with van der Waals surface area (Å²) in [6.45, 7) is 6.53. The van der Waals surface area contributed by atoms with Gasteiger partial charge in [0.1, 0.15) is 5.54 Å². The van der Waals surface area contributed by atoms with E-state index >= 15 is 0 Å². The molecule has 0 spiro atoms. The number of ether oxygens (including phenoxy) is 1. The fourth-order valence-corrected chi connectivity index (χ4v) is 2.86. The minimum Gasteiger partial charge on any atom is -0.383 e. The van der Waals surface area contributed by atoms with Crippen LogP contribution in [-0.4, -0.2) is 55.2 Å². The Morgan fingerprint density at radius 1 is 1.40 bits per heavy atom. The summed E-state index contributed by atoms with van der Waals surface area (Å²) in [6.07, 6.45) is 4.56. The Hall–Kier alpha value is -0.650. The molecule has 0 radical (unpaired) electrons. The molecule has 1 atom stereocenters. The zero-order valence-corrected chi connectivity index (χ0v) is 13.0. The number of primary amides is 1. The van der Waals surface area contributed by atoms with Gasteiger partial charge in [-0.1, -0.05) is 0 Å². The molecule has 2 rings (SSSR count). The predicted octanol–water partition coefficient (Wildman–Crippen LogP) is 0.729. The van der Waals surface area contributed by atoms with Crippen LogP contribution in [0.4, 0.5) is 0 Å². The van der Waals surface area contributed by atoms with Crippen molar-refractivity contribution in [2.45, 2.75) is 57.2 Å². The Balaban J connectivity index is 2.09. The van der Waals surface area contributed by atoms with E-state index in [1.54, 1.807) is 7.11 Å². The van der Waals surface area contributed by atoms with Crippen molar-refractivity contribution in [3.8, 4) is 0 Å². The van der Waals surface area contributed by atoms with Crippen molar-refractivity contribution in [2.24, 2.45) is 11.7 Å². The number of hydrogen-bond donors (Lipinski definition) is 2. The molecule has 0 saturated heterocycles. The number of hydrogen-bond acceptors (Lipinski definition) is 4. The number of nitrogens with two attached hydrogens (primary N) is 1. The van der Waals surface area contributed by atoms with Gasteiger partial charge in [0.2, 0.25) is 5.91 Å². The Bertz CT molecular complexity index is 340. The molecule has 2 aliphatic carbocycles. The molecule has 1 unspecified atom stereocenters. The molecule has 1 amide bonds. The molecule has 0 aromatic rings. The van der Waals surface area contributed by atoms with Crippen molar-refractivity contribution in [2.75, 3.05) is 26.8 Å². The summed E-state index contributed by atoms with van der Waals surface area (Å²) in [7, 11) is 1.71. The second kappa shape index (κ2) is 6.41. The van der Waals surface area contributed by atoms with Gasteiger partial charge >= 0.3 is 0 Å². The van der Waals surface area contributed by atoms with E-state index < -0.39 is 5.54 Å². The van der Waals surface area contributed by atoms with Crippen LogP contribution < -0.4 is 11.1 Å². The maximum atomic E-state index is 12.2. The summed E-state index contributed by atoms with van der Waals surface area (Å²) in [5.41, 5.74) is 5.26. The van der Waals surface area contributed by atoms with Crippen molar-refractivity contribution in [1.29, 1.82) is 0 Å². The van der Waals surface area contributed by atoms with Crippen LogP contribution in [-0.2, 0) is 9.53 Å². The molecule has 116 valence electrons. The molecule has 2 aliphatic rings. The first-order valence-corrected chi connectivity index (χ1v) is 7.80. The first-order chi connectivity index (χ1) is 9.49. The van der Waals surface area contributed by atoms with Crippen molar-refractivity contribution in [3.05, 3.63) is 0 Å². The van der Waals surface area contributed by atoms with E-state index in [0.717, 1.165) is 19.4 Å². The van der Waals surface area contributed by atoms with Gasteiger partial charge in [-0.15, -0.1) is 0 Å². The number of nitrogens with zero attached hydrogens (tertiary/aromatic N) is 1. The quantitative estimate of drug-likeness (QED) is 0.620. The second-order valence-electron chi connectivity index (χ2n) is 6.59. The number of carbonyl (C=O) groups excluding carboxylic acids is 1. The third-order valence-electron chi connectivity index (χ3n) is 4.52. The molecule has 5 nitrogen and oxygen atoms in total. The van der Waals surface area contributed by atoms with Gasteiger partial charge in [0, 0.05) is 32.3 Å². The van der Waals surface area contributed by atoms with E-state index in [1.165, 1.54) is 12.8 Å². The number of rotatable bonds is 10. The fourth-order valence-electron chi connectivity index (χ4n) is 2.86. The van der Waals surface area contributed by atoms with E-state index in [1.807, 2.05) is 0 Å². The van der Waals surface area contributed by atoms with Crippen molar-refractivity contribution < 1.29 is 9.53 Å². The average Bonchev–Trinajstić information content (AvgIpc) is 3.25. The highest BCUT2D eigenvalue weighted by Crippen LogP contribution is 2.42. The lowest BCUT2D eigenvalue weighted by molar-refractivity contribution is -0.126. The number of amides is 1. The summed E-state index contributed by atoms with van der Waals surface area (Å²) < 4.78 is 5.19. The lowest BCUT2D eigenvalue weighted by Crippen LogP contribution is -2.64. The highest BCUT2D eigenvalue weighted by Gasteiger charge is 2.52. The molecule has 3 N–H and O–H groups in total. The Labute approximate surface area is 122 Å². The Kier molecular flexibility index (Phi) is 5.04. The van der Waals surface area contributed by atoms with Gasteiger partial charge in [0.15, 0.2) is 0 Å². The molecule has 0 heterocycles. The first kappa shape index (κ1) is 15.7. The zero-order valence-electron chi connectivity index (χ0n) is 13.0. The van der Waals surface area contributed by atoms with Crippen LogP contribution in [0.1, 0.15) is 39.5 Å². The first-order valence-electron chi connectivity index (χ1n) is 7.80. The SMILES string of the molecule is COCCN(CC(NC1CC1)(C(N)=O)C1CC1)C(C)C. The third-order valence-corrected chi connectivity index (χ3v) is 4.52. The summed E-state index contributed by atoms with van der Waals surface area (Å²) in [6, 6.07) is 0.864. The summed E-state index contributed by atoms with van der Waals surface area (Å²) in [4.78, 5) is 14.5. The monoisotopic (exact) mass is 283 g/mol. The van der Waals surface area contributed by atoms with Crippen molar-refractivity contribution in [1.82, 2.24) is 10.2 Å². The largest absolute Gasteiger partial charge is 0.383 e. The van der Waals surface area contributed by atoms with Crippen LogP contribution in [0.15, 0.2) is 0 Å². The molecule has 0 aliphatic heterocycles. The summed E-state index contributed by atoms with van der Waals surface area (Å²) >= 11 is 0. The van der Waals surface area contributed by atoms with E-state index in [-0.39, 0.29) is 5.91 Å². The molecular formula is C15H29N3O2. The lowest BCUT2D eigenvalue weighted by Gasteiger charge is -2.39. The van der Waals surface area contributed by atoms with Gasteiger partial charge in [0.25, 0.3) is 0 Å². The number of methoxy groups -OCH3 is 1. The number of carbonyl (C=O) groups is 1. The zero-order chi connectivity index (χ0) is 14.8. The third kappa shape index (κ3) is 3.71. The maximum Gasteiger partial charge on any atom is 0.239 e. The van der Waals surface area contributed by atoms with Gasteiger partial charge in [-0.25, -0.2) is 0 Å². The topological polar surface area (TPSA) is 67.6 Å². The highest BCUT2D eigenvalue weighted by atomic mass is 16.5. The lowest BCUT2D eigenvalue weighted by atomic mass is 9.90. The van der Waals surface area contributed by atoms with E-state index in [2.05, 4.69) is 24.1 Å². The van der Waals surface area contributed by atoms with Gasteiger partial charge in [-0.2, -0.15) is 0 Å². The average molecular weight is 283 g/mol. The van der Waals surface area contributed by atoms with E-state index in [0.29, 0.717) is 31.2 Å². The molecule has 5 heteroatoms. The molecule has 20 heavy (non-hydrogen) atoms. The standard InChI is InChI=1S/C15H29N3O2/c1-11(2)18(8-9-20-3)10-15(14(16)19,12-4-5-12)17-13-6-7-13/h11-13,17H,4-10H2,1-3H3,(H2,16,19). The molecule has 2 fully saturated rings. The molecular weight excluding hydrogens is 254 g/mol. The molecule has 2 saturated carbocycles. The van der Waals surface area contributed by atoms with Crippen LogP contribution in [0.25, 0.3) is 0 Å². The van der Waals surface area contributed by atoms with E-state index in [4.69, 9.17) is 10.5 Å². The Morgan fingerprint density at radius 3 is 2.45 bits per heavy atom. The highest BCUT2D eigenvalue weighted by molar-refractivity contribution is 5.86. The maximum absolute atomic E-state index is 12.2. The van der Waals surface area contributed by atoms with Crippen LogP contribution in [0.3, 0.4) is 0 Å². The second-order valence-corrected chi connectivity index (χ2v) is 6.59. The Morgan fingerprint density at radius 2 is 2.05 bits per heavy atom. The van der Waals surface area contributed by atoms with E-state index in [9.17, 15) is 4.79 Å². The smallest absolute Gasteiger partial charge is 0.239 e. The van der Waals surface area contributed by atoms with Gasteiger partial charge in [0.05, 0.1) is 6.61 Å². The van der Waals surface area contributed by atoms with Crippen molar-refractivity contribution in [3.63, 3.8) is 0 Å². The molecule has 0 aromatic heterocycles. The van der Waals surface area contributed by atoms with Gasteiger partial charge < -0.3 is 10.5 Å². The minimum atomic E-state index is -0.542. The van der Waals surface area contributed by atoms with Crippen LogP contribution in [0.5, 0.6) is 0 Å². The van der Waals surface area contributed by atoms with Crippen LogP contribution in [0, 0.1) is 5.92 Å². The minimum absolute atomic E-state index is 0.185. The van der Waals surface area contributed by atoms with Crippen LogP contribution >= 0.6 is 0 Å². The van der Waals surface area contributed by atoms with Crippen molar-refractivity contribution >= 4 is 5.91 Å². The molecule has 0 bridgehead atoms.